The van der Waals surface area contributed by atoms with Gasteiger partial charge in [0.1, 0.15) is 6.54 Å². The zero-order chi connectivity index (χ0) is 17.3. The third-order valence-electron chi connectivity index (χ3n) is 4.38. The summed E-state index contributed by atoms with van der Waals surface area (Å²) in [7, 11) is 2.13. The molecule has 0 saturated heterocycles. The van der Waals surface area contributed by atoms with Gasteiger partial charge in [0.05, 0.1) is 19.3 Å². The molecule has 3 rings (SSSR count). The lowest BCUT2D eigenvalue weighted by Crippen LogP contribution is -3.24. The van der Waals surface area contributed by atoms with Crippen LogP contribution in [0.15, 0.2) is 91.0 Å². The molecule has 0 radical (unpaired) electrons. The summed E-state index contributed by atoms with van der Waals surface area (Å²) in [4.78, 5) is 0. The van der Waals surface area contributed by atoms with Crippen LogP contribution in [-0.2, 0) is 13.0 Å². The summed E-state index contributed by atoms with van der Waals surface area (Å²) in [5, 5.41) is 3.49. The van der Waals surface area contributed by atoms with Crippen molar-refractivity contribution in [1.29, 1.82) is 0 Å². The Bertz CT molecular complexity index is 685. The second-order valence-corrected chi connectivity index (χ2v) is 6.17. The monoisotopic (exact) mass is 332 g/mol. The molecule has 3 nitrogen and oxygen atoms in total. The molecule has 0 amide bonds. The second-order valence-electron chi connectivity index (χ2n) is 6.17. The predicted molar refractivity (Wildman–Crippen MR) is 104 cm³/mol. The highest BCUT2D eigenvalue weighted by Crippen LogP contribution is 2.07. The molecule has 0 bridgehead atoms. The van der Waals surface area contributed by atoms with E-state index in [1.165, 1.54) is 21.9 Å². The van der Waals surface area contributed by atoms with Crippen molar-refractivity contribution in [3.05, 3.63) is 102 Å². The minimum Gasteiger partial charge on any atom is -0.210 e. The van der Waals surface area contributed by atoms with Crippen molar-refractivity contribution < 1.29 is 5.12 Å². The fraction of sp³-hybridized carbons (Fsp3) is 0.182. The van der Waals surface area contributed by atoms with Crippen molar-refractivity contribution >= 4 is 5.69 Å². The molecule has 0 heterocycles. The fourth-order valence-electron chi connectivity index (χ4n) is 2.89. The Kier molecular flexibility index (Phi) is 6.21. The Morgan fingerprint density at radius 2 is 1.24 bits per heavy atom. The molecule has 2 N–H and O–H groups in total. The number of quaternary nitrogens is 1. The first kappa shape index (κ1) is 17.2. The van der Waals surface area contributed by atoms with E-state index in [0.717, 1.165) is 19.5 Å². The second kappa shape index (κ2) is 9.02. The van der Waals surface area contributed by atoms with Crippen LogP contribution < -0.4 is 15.6 Å². The summed E-state index contributed by atoms with van der Waals surface area (Å²) in [6.07, 6.45) is 1.02. The van der Waals surface area contributed by atoms with Gasteiger partial charge in [-0.3, -0.25) is 0 Å². The van der Waals surface area contributed by atoms with Gasteiger partial charge in [0.25, 0.3) is 0 Å². The summed E-state index contributed by atoms with van der Waals surface area (Å²) in [5.41, 5.74) is 7.50. The molecule has 1 unspecified atom stereocenters. The van der Waals surface area contributed by atoms with Crippen LogP contribution in [0.4, 0.5) is 5.69 Å². The van der Waals surface area contributed by atoms with Crippen LogP contribution >= 0.6 is 0 Å². The maximum absolute atomic E-state index is 3.65. The number of para-hydroxylation sites is 1. The van der Waals surface area contributed by atoms with Gasteiger partial charge >= 0.3 is 0 Å². The third-order valence-corrected chi connectivity index (χ3v) is 4.38. The molecule has 3 heteroatoms. The van der Waals surface area contributed by atoms with Crippen molar-refractivity contribution in [2.75, 3.05) is 18.6 Å². The van der Waals surface area contributed by atoms with Crippen molar-refractivity contribution in [1.82, 2.24) is 5.43 Å². The minimum absolute atomic E-state index is 0.835. The molecular formula is C22H26N3+. The van der Waals surface area contributed by atoms with E-state index in [-0.39, 0.29) is 0 Å². The van der Waals surface area contributed by atoms with E-state index in [0.29, 0.717) is 0 Å². The van der Waals surface area contributed by atoms with Crippen molar-refractivity contribution in [3.63, 3.8) is 0 Å². The number of anilines is 1. The molecule has 128 valence electrons. The summed E-state index contributed by atoms with van der Waals surface area (Å²) < 4.78 is 0. The van der Waals surface area contributed by atoms with Crippen LogP contribution in [0.5, 0.6) is 0 Å². The van der Waals surface area contributed by atoms with Gasteiger partial charge in [0.2, 0.25) is 0 Å². The van der Waals surface area contributed by atoms with Crippen LogP contribution in [-0.4, -0.2) is 13.6 Å². The number of nitrogens with one attached hydrogen (secondary N) is 2. The number of benzene rings is 3. The lowest BCUT2D eigenvalue weighted by atomic mass is 10.1. The number of hydrogen-bond acceptors (Lipinski definition) is 2. The smallest absolute Gasteiger partial charge is 0.122 e. The normalized spacial score (nSPS) is 11.9. The van der Waals surface area contributed by atoms with Gasteiger partial charge in [-0.2, -0.15) is 5.12 Å². The molecule has 0 aromatic heterocycles. The maximum atomic E-state index is 3.65. The first-order valence-corrected chi connectivity index (χ1v) is 8.79. The van der Waals surface area contributed by atoms with E-state index in [2.05, 4.69) is 108 Å². The largest absolute Gasteiger partial charge is 0.210 e. The highest BCUT2D eigenvalue weighted by molar-refractivity contribution is 5.41. The molecule has 3 aromatic carbocycles. The van der Waals surface area contributed by atoms with Crippen LogP contribution in [0.2, 0.25) is 0 Å². The molecule has 3 aromatic rings. The molecule has 0 saturated carbocycles. The summed E-state index contributed by atoms with van der Waals surface area (Å²) >= 11 is 0. The maximum Gasteiger partial charge on any atom is 0.122 e. The molecule has 25 heavy (non-hydrogen) atoms. The van der Waals surface area contributed by atoms with Crippen LogP contribution in [0, 0.1) is 0 Å². The van der Waals surface area contributed by atoms with Crippen molar-refractivity contribution in [2.24, 2.45) is 0 Å². The SMILES string of the molecule is CN(c1ccccc1)[NH+](CCc1ccccc1)NCc1ccccc1. The zero-order valence-electron chi connectivity index (χ0n) is 14.7. The molecule has 0 aliphatic heterocycles. The Morgan fingerprint density at radius 3 is 1.84 bits per heavy atom. The quantitative estimate of drug-likeness (QED) is 0.619. The van der Waals surface area contributed by atoms with Crippen LogP contribution in [0.25, 0.3) is 0 Å². The Balaban J connectivity index is 1.68. The van der Waals surface area contributed by atoms with Crippen molar-refractivity contribution in [3.8, 4) is 0 Å². The molecule has 0 aliphatic carbocycles. The van der Waals surface area contributed by atoms with Gasteiger partial charge in [-0.05, 0) is 23.3 Å². The summed E-state index contributed by atoms with van der Waals surface area (Å²) in [6, 6.07) is 31.7. The molecule has 1 atom stereocenters. The van der Waals surface area contributed by atoms with E-state index in [9.17, 15) is 0 Å². The molecular weight excluding hydrogens is 306 g/mol. The third kappa shape index (κ3) is 5.18. The van der Waals surface area contributed by atoms with Gasteiger partial charge in [0.15, 0.2) is 0 Å². The molecule has 0 fully saturated rings. The lowest BCUT2D eigenvalue weighted by Gasteiger charge is -2.29. The van der Waals surface area contributed by atoms with Gasteiger partial charge in [-0.25, -0.2) is 5.01 Å². The average Bonchev–Trinajstić information content (AvgIpc) is 2.70. The van der Waals surface area contributed by atoms with E-state index in [1.54, 1.807) is 0 Å². The lowest BCUT2D eigenvalue weighted by molar-refractivity contribution is -0.953. The van der Waals surface area contributed by atoms with E-state index in [1.807, 2.05) is 0 Å². The number of hydrogen-bond donors (Lipinski definition) is 2. The Morgan fingerprint density at radius 1 is 0.720 bits per heavy atom. The average molecular weight is 332 g/mol. The van der Waals surface area contributed by atoms with E-state index in [4.69, 9.17) is 0 Å². The topological polar surface area (TPSA) is 19.7 Å². The first-order chi connectivity index (χ1) is 12.3. The highest BCUT2D eigenvalue weighted by atomic mass is 15.8. The summed E-state index contributed by atoms with van der Waals surface area (Å²) in [5.74, 6) is 0. The summed E-state index contributed by atoms with van der Waals surface area (Å²) in [6.45, 7) is 1.81. The van der Waals surface area contributed by atoms with E-state index < -0.39 is 0 Å². The van der Waals surface area contributed by atoms with Crippen molar-refractivity contribution in [2.45, 2.75) is 13.0 Å². The Hall–Kier alpha value is -2.62. The van der Waals surface area contributed by atoms with Crippen LogP contribution in [0.3, 0.4) is 0 Å². The standard InChI is InChI=1S/C22H25N3/c1-24(22-15-9-4-10-16-22)25(18-17-20-11-5-2-6-12-20)23-19-21-13-7-3-8-14-21/h2-16,23H,17-19H2,1H3/p+1. The first-order valence-electron chi connectivity index (χ1n) is 8.79. The van der Waals surface area contributed by atoms with Gasteiger partial charge in [-0.15, -0.1) is 5.43 Å². The molecule has 0 spiro atoms. The Labute approximate surface area is 150 Å². The number of nitrogens with zero attached hydrogens (tertiary/aromatic N) is 1. The minimum atomic E-state index is 0.835. The van der Waals surface area contributed by atoms with Gasteiger partial charge in [-0.1, -0.05) is 78.9 Å². The van der Waals surface area contributed by atoms with E-state index >= 15 is 0 Å². The highest BCUT2D eigenvalue weighted by Gasteiger charge is 2.16. The van der Waals surface area contributed by atoms with Gasteiger partial charge < -0.3 is 0 Å². The predicted octanol–water partition coefficient (Wildman–Crippen LogP) is 2.87. The molecule has 0 aliphatic rings. The van der Waals surface area contributed by atoms with Crippen LogP contribution in [0.1, 0.15) is 11.1 Å². The number of rotatable bonds is 8. The van der Waals surface area contributed by atoms with Gasteiger partial charge in [0, 0.05) is 6.42 Å². The zero-order valence-corrected chi connectivity index (χ0v) is 14.7. The fourth-order valence-corrected chi connectivity index (χ4v) is 2.89.